The van der Waals surface area contributed by atoms with Crippen LogP contribution >= 0.6 is 11.6 Å². The van der Waals surface area contributed by atoms with E-state index in [0.29, 0.717) is 17.1 Å². The zero-order valence-electron chi connectivity index (χ0n) is 10.1. The topological polar surface area (TPSA) is 15.3 Å². The van der Waals surface area contributed by atoms with Gasteiger partial charge in [-0.15, -0.1) is 0 Å². The molecule has 0 radical (unpaired) electrons. The fourth-order valence-electron chi connectivity index (χ4n) is 2.06. The van der Waals surface area contributed by atoms with Gasteiger partial charge in [-0.05, 0) is 42.5 Å². The van der Waals surface area contributed by atoms with Gasteiger partial charge in [0.25, 0.3) is 0 Å². The monoisotopic (exact) mass is 274 g/mol. The van der Waals surface area contributed by atoms with E-state index >= 15 is 0 Å². The maximum absolute atomic E-state index is 13.7. The Kier molecular flexibility index (Phi) is 3.13. The lowest BCUT2D eigenvalue weighted by molar-refractivity contribution is 0.622. The Labute approximate surface area is 116 Å². The highest BCUT2D eigenvalue weighted by Gasteiger charge is 2.17. The van der Waals surface area contributed by atoms with Crippen LogP contribution in [-0.2, 0) is 0 Å². The molecule has 0 aromatic heterocycles. The molecule has 0 unspecified atom stereocenters. The van der Waals surface area contributed by atoms with Crippen LogP contribution in [0.4, 0.5) is 10.1 Å². The quantitative estimate of drug-likeness (QED) is 0.895. The fourth-order valence-corrected chi connectivity index (χ4v) is 2.19. The van der Waals surface area contributed by atoms with Gasteiger partial charge in [0.15, 0.2) is 0 Å². The minimum absolute atomic E-state index is 0.223. The first-order valence-corrected chi connectivity index (χ1v) is 6.37. The zero-order chi connectivity index (χ0) is 13.2. The molecule has 19 heavy (non-hydrogen) atoms. The van der Waals surface area contributed by atoms with Gasteiger partial charge < -0.3 is 0 Å². The molecule has 1 aliphatic rings. The van der Waals surface area contributed by atoms with Crippen LogP contribution in [0.25, 0.3) is 5.70 Å². The second kappa shape index (κ2) is 4.94. The van der Waals surface area contributed by atoms with Crippen LogP contribution in [0.2, 0.25) is 5.02 Å². The molecule has 2 aromatic rings. The second-order valence-electron chi connectivity index (χ2n) is 4.30. The first-order chi connectivity index (χ1) is 9.24. The van der Waals surface area contributed by atoms with Crippen LogP contribution in [0.3, 0.4) is 0 Å². The van der Waals surface area contributed by atoms with Crippen LogP contribution in [0.15, 0.2) is 54.6 Å². The summed E-state index contributed by atoms with van der Waals surface area (Å²) in [7, 11) is 0. The van der Waals surface area contributed by atoms with Crippen molar-refractivity contribution in [2.75, 3.05) is 11.6 Å². The van der Waals surface area contributed by atoms with Crippen molar-refractivity contribution in [1.82, 2.24) is 5.43 Å². The smallest absolute Gasteiger partial charge is 0.132 e. The molecule has 2 aromatic carbocycles. The lowest BCUT2D eigenvalue weighted by Gasteiger charge is -2.20. The molecule has 0 spiro atoms. The summed E-state index contributed by atoms with van der Waals surface area (Å²) >= 11 is 5.86. The molecule has 3 rings (SSSR count). The van der Waals surface area contributed by atoms with E-state index in [1.54, 1.807) is 12.1 Å². The van der Waals surface area contributed by atoms with Gasteiger partial charge >= 0.3 is 0 Å². The summed E-state index contributed by atoms with van der Waals surface area (Å²) < 4.78 is 13.7. The van der Waals surface area contributed by atoms with E-state index in [4.69, 9.17) is 11.6 Å². The van der Waals surface area contributed by atoms with Crippen molar-refractivity contribution in [2.24, 2.45) is 0 Å². The van der Waals surface area contributed by atoms with E-state index in [1.807, 2.05) is 41.4 Å². The summed E-state index contributed by atoms with van der Waals surface area (Å²) in [5.41, 5.74) is 5.56. The van der Waals surface area contributed by atoms with Gasteiger partial charge in [-0.3, -0.25) is 10.4 Å². The van der Waals surface area contributed by atoms with E-state index in [1.165, 1.54) is 6.07 Å². The fraction of sp³-hybridized carbons (Fsp3) is 0.0667. The van der Waals surface area contributed by atoms with Crippen molar-refractivity contribution in [3.63, 3.8) is 0 Å². The molecular weight excluding hydrogens is 263 g/mol. The van der Waals surface area contributed by atoms with E-state index in [0.717, 1.165) is 11.4 Å². The molecule has 0 amide bonds. The van der Waals surface area contributed by atoms with Gasteiger partial charge in [-0.2, -0.15) is 0 Å². The Balaban J connectivity index is 1.80. The molecule has 1 heterocycles. The highest BCUT2D eigenvalue weighted by Crippen LogP contribution is 2.24. The Hall–Kier alpha value is -2.00. The summed E-state index contributed by atoms with van der Waals surface area (Å²) in [5, 5.41) is 2.64. The van der Waals surface area contributed by atoms with E-state index in [-0.39, 0.29) is 5.82 Å². The number of rotatable bonds is 2. The van der Waals surface area contributed by atoms with Gasteiger partial charge in [0.1, 0.15) is 5.82 Å². The Morgan fingerprint density at radius 2 is 1.79 bits per heavy atom. The Morgan fingerprint density at radius 1 is 1.05 bits per heavy atom. The summed E-state index contributed by atoms with van der Waals surface area (Å²) in [5.74, 6) is -0.223. The van der Waals surface area contributed by atoms with Crippen molar-refractivity contribution in [3.05, 3.63) is 71.0 Å². The first kappa shape index (κ1) is 12.1. The maximum atomic E-state index is 13.7. The Morgan fingerprint density at radius 3 is 2.53 bits per heavy atom. The number of nitrogens with zero attached hydrogens (tertiary/aromatic N) is 1. The van der Waals surface area contributed by atoms with Crippen LogP contribution < -0.4 is 10.4 Å². The van der Waals surface area contributed by atoms with Gasteiger partial charge in [-0.25, -0.2) is 4.39 Å². The van der Waals surface area contributed by atoms with Gasteiger partial charge in [-0.1, -0.05) is 23.7 Å². The summed E-state index contributed by atoms with van der Waals surface area (Å²) in [6, 6.07) is 14.2. The van der Waals surface area contributed by atoms with Crippen LogP contribution in [0, 0.1) is 5.82 Å². The number of nitrogens with one attached hydrogen (secondary N) is 1. The van der Waals surface area contributed by atoms with E-state index in [9.17, 15) is 4.39 Å². The van der Waals surface area contributed by atoms with Gasteiger partial charge in [0.2, 0.25) is 0 Å². The molecule has 1 aliphatic heterocycles. The highest BCUT2D eigenvalue weighted by atomic mass is 35.5. The summed E-state index contributed by atoms with van der Waals surface area (Å²) in [6.07, 6.45) is 1.97. The lowest BCUT2D eigenvalue weighted by Crippen LogP contribution is -2.31. The predicted molar refractivity (Wildman–Crippen MR) is 76.3 cm³/mol. The van der Waals surface area contributed by atoms with Crippen molar-refractivity contribution in [2.45, 2.75) is 0 Å². The number of hydrogen-bond acceptors (Lipinski definition) is 2. The van der Waals surface area contributed by atoms with E-state index in [2.05, 4.69) is 5.43 Å². The van der Waals surface area contributed by atoms with Crippen molar-refractivity contribution >= 4 is 23.0 Å². The SMILES string of the molecule is Fc1ccccc1C1=CCN(c2ccc(Cl)cc2)N1. The molecule has 96 valence electrons. The van der Waals surface area contributed by atoms with Gasteiger partial charge in [0.05, 0.1) is 17.9 Å². The number of anilines is 1. The minimum Gasteiger partial charge on any atom is -0.298 e. The van der Waals surface area contributed by atoms with Crippen LogP contribution in [0.1, 0.15) is 5.56 Å². The molecule has 0 saturated carbocycles. The van der Waals surface area contributed by atoms with Gasteiger partial charge in [0, 0.05) is 10.6 Å². The largest absolute Gasteiger partial charge is 0.298 e. The predicted octanol–water partition coefficient (Wildman–Crippen LogP) is 3.84. The van der Waals surface area contributed by atoms with E-state index < -0.39 is 0 Å². The number of hydrogen-bond donors (Lipinski definition) is 1. The molecule has 0 bridgehead atoms. The molecule has 4 heteroatoms. The van der Waals surface area contributed by atoms with Crippen LogP contribution in [-0.4, -0.2) is 6.54 Å². The standard InChI is InChI=1S/C15H12ClFN2/c16-11-5-7-12(8-6-11)19-10-9-15(18-19)13-3-1-2-4-14(13)17/h1-9,18H,10H2. The third-order valence-electron chi connectivity index (χ3n) is 3.04. The second-order valence-corrected chi connectivity index (χ2v) is 4.73. The maximum Gasteiger partial charge on any atom is 0.132 e. The molecule has 0 atom stereocenters. The lowest BCUT2D eigenvalue weighted by atomic mass is 10.1. The average molecular weight is 275 g/mol. The molecule has 0 fully saturated rings. The first-order valence-electron chi connectivity index (χ1n) is 5.99. The minimum atomic E-state index is -0.223. The summed E-state index contributed by atoms with van der Waals surface area (Å²) in [6.45, 7) is 0.686. The molecule has 2 nitrogen and oxygen atoms in total. The average Bonchev–Trinajstić information content (AvgIpc) is 2.89. The normalized spacial score (nSPS) is 14.2. The zero-order valence-corrected chi connectivity index (χ0v) is 10.9. The van der Waals surface area contributed by atoms with Crippen molar-refractivity contribution in [1.29, 1.82) is 0 Å². The molecule has 1 N–H and O–H groups in total. The number of benzene rings is 2. The van der Waals surface area contributed by atoms with Crippen molar-refractivity contribution < 1.29 is 4.39 Å². The van der Waals surface area contributed by atoms with Crippen LogP contribution in [0.5, 0.6) is 0 Å². The molecule has 0 saturated heterocycles. The molecule has 0 aliphatic carbocycles. The molecular formula is C15H12ClFN2. The number of hydrazine groups is 1. The third-order valence-corrected chi connectivity index (χ3v) is 3.29. The highest BCUT2D eigenvalue weighted by molar-refractivity contribution is 6.30. The third kappa shape index (κ3) is 2.42. The summed E-state index contributed by atoms with van der Waals surface area (Å²) in [4.78, 5) is 0. The Bertz CT molecular complexity index is 622. The van der Waals surface area contributed by atoms with Crippen molar-refractivity contribution in [3.8, 4) is 0 Å². The number of halogens is 2.